The normalized spacial score (nSPS) is 25.1. The van der Waals surface area contributed by atoms with Crippen molar-refractivity contribution < 1.29 is 18.3 Å². The molecule has 0 spiro atoms. The first-order valence-electron chi connectivity index (χ1n) is 9.62. The average Bonchev–Trinajstić information content (AvgIpc) is 2.97. The Bertz CT molecular complexity index is 889. The lowest BCUT2D eigenvalue weighted by Gasteiger charge is -2.30. The molecule has 2 bridgehead atoms. The van der Waals surface area contributed by atoms with Crippen LogP contribution in [-0.2, 0) is 6.42 Å². The lowest BCUT2D eigenvalue weighted by atomic mass is 9.92. The van der Waals surface area contributed by atoms with Crippen LogP contribution in [-0.4, -0.2) is 54.8 Å². The van der Waals surface area contributed by atoms with Crippen molar-refractivity contribution in [1.82, 2.24) is 9.80 Å². The summed E-state index contributed by atoms with van der Waals surface area (Å²) in [5.74, 6) is -0.113. The van der Waals surface area contributed by atoms with Gasteiger partial charge in [-0.25, -0.2) is 13.6 Å². The van der Waals surface area contributed by atoms with Crippen molar-refractivity contribution in [2.45, 2.75) is 25.6 Å². The highest BCUT2D eigenvalue weighted by atomic mass is 19.1. The Hall–Kier alpha value is -2.63. The van der Waals surface area contributed by atoms with Crippen molar-refractivity contribution in [1.29, 1.82) is 0 Å². The number of carbonyl (C=O) groups excluding carboxylic acids is 1. The van der Waals surface area contributed by atoms with Gasteiger partial charge in [-0.1, -0.05) is 43.3 Å². The van der Waals surface area contributed by atoms with Gasteiger partial charge in [-0.2, -0.15) is 0 Å². The molecule has 2 aliphatic rings. The van der Waals surface area contributed by atoms with E-state index in [1.807, 2.05) is 18.2 Å². The minimum Gasteiger partial charge on any atom is -0.491 e. The summed E-state index contributed by atoms with van der Waals surface area (Å²) < 4.78 is 35.7. The number of rotatable bonds is 0. The molecule has 2 aromatic carbocycles. The lowest BCUT2D eigenvalue weighted by Crippen LogP contribution is -2.46. The van der Waals surface area contributed by atoms with Gasteiger partial charge in [0.1, 0.15) is 24.3 Å². The molecule has 4 nitrogen and oxygen atoms in total. The summed E-state index contributed by atoms with van der Waals surface area (Å²) in [4.78, 5) is 16.0. The number of hydrogen-bond donors (Lipinski definition) is 0. The van der Waals surface area contributed by atoms with Crippen LogP contribution in [0.15, 0.2) is 42.5 Å². The van der Waals surface area contributed by atoms with Crippen LogP contribution in [0.4, 0.5) is 13.6 Å². The second kappa shape index (κ2) is 7.41. The molecule has 4 rings (SSSR count). The van der Waals surface area contributed by atoms with Crippen LogP contribution in [0.2, 0.25) is 0 Å². The van der Waals surface area contributed by atoms with Crippen LogP contribution in [0.1, 0.15) is 12.5 Å². The minimum absolute atomic E-state index is 0.0391. The highest BCUT2D eigenvalue weighted by Crippen LogP contribution is 2.36. The topological polar surface area (TPSA) is 32.8 Å². The van der Waals surface area contributed by atoms with Crippen LogP contribution in [0.5, 0.6) is 5.75 Å². The first-order chi connectivity index (χ1) is 13.5. The molecule has 1 saturated heterocycles. The van der Waals surface area contributed by atoms with E-state index < -0.39 is 6.17 Å². The maximum Gasteiger partial charge on any atom is 0.320 e. The van der Waals surface area contributed by atoms with E-state index in [1.165, 1.54) is 0 Å². The molecule has 2 aliphatic heterocycles. The highest BCUT2D eigenvalue weighted by molar-refractivity contribution is 5.75. The van der Waals surface area contributed by atoms with Crippen LogP contribution in [0.25, 0.3) is 11.1 Å². The molecule has 3 atom stereocenters. The van der Waals surface area contributed by atoms with Gasteiger partial charge in [0.15, 0.2) is 0 Å². The van der Waals surface area contributed by atoms with Crippen molar-refractivity contribution in [2.24, 2.45) is 5.92 Å². The SMILES string of the molecule is CC1C(F)CN2C(=O)N(C)CCOc3ccccc3-c3cccc(c3F)CC12. The third-order valence-electron chi connectivity index (χ3n) is 5.89. The Morgan fingerprint density at radius 2 is 1.86 bits per heavy atom. The zero-order valence-electron chi connectivity index (χ0n) is 16.1. The Balaban J connectivity index is 1.81. The summed E-state index contributed by atoms with van der Waals surface area (Å²) in [6, 6.07) is 11.9. The average molecular weight is 386 g/mol. The van der Waals surface area contributed by atoms with Crippen LogP contribution in [0.3, 0.4) is 0 Å². The van der Waals surface area contributed by atoms with Gasteiger partial charge >= 0.3 is 6.03 Å². The molecule has 2 amide bonds. The van der Waals surface area contributed by atoms with Gasteiger partial charge < -0.3 is 14.5 Å². The fraction of sp³-hybridized carbons (Fsp3) is 0.409. The summed E-state index contributed by atoms with van der Waals surface area (Å²) in [6.45, 7) is 2.47. The fourth-order valence-corrected chi connectivity index (χ4v) is 4.12. The first kappa shape index (κ1) is 18.7. The van der Waals surface area contributed by atoms with Crippen molar-refractivity contribution in [3.63, 3.8) is 0 Å². The maximum absolute atomic E-state index is 15.4. The second-order valence-electron chi connectivity index (χ2n) is 7.63. The number of benzene rings is 2. The second-order valence-corrected chi connectivity index (χ2v) is 7.63. The number of para-hydroxylation sites is 1. The van der Waals surface area contributed by atoms with E-state index in [0.29, 0.717) is 29.0 Å². The molecule has 6 heteroatoms. The molecular weight excluding hydrogens is 362 g/mol. The van der Waals surface area contributed by atoms with Crippen LogP contribution in [0, 0.1) is 11.7 Å². The summed E-state index contributed by atoms with van der Waals surface area (Å²) in [6.07, 6.45) is -0.831. The van der Waals surface area contributed by atoms with Crippen molar-refractivity contribution in [2.75, 3.05) is 26.7 Å². The Morgan fingerprint density at radius 1 is 1.11 bits per heavy atom. The van der Waals surface area contributed by atoms with E-state index in [4.69, 9.17) is 4.74 Å². The van der Waals surface area contributed by atoms with E-state index in [1.54, 1.807) is 48.0 Å². The van der Waals surface area contributed by atoms with Gasteiger partial charge in [0.05, 0.1) is 13.1 Å². The van der Waals surface area contributed by atoms with Crippen molar-refractivity contribution in [3.05, 3.63) is 53.8 Å². The number of ether oxygens (including phenoxy) is 1. The van der Waals surface area contributed by atoms with Crippen LogP contribution < -0.4 is 4.74 Å². The highest BCUT2D eigenvalue weighted by Gasteiger charge is 2.43. The van der Waals surface area contributed by atoms with Crippen LogP contribution >= 0.6 is 0 Å². The Kier molecular flexibility index (Phi) is 4.96. The molecule has 0 aromatic heterocycles. The summed E-state index contributed by atoms with van der Waals surface area (Å²) in [5.41, 5.74) is 1.62. The number of hydrogen-bond acceptors (Lipinski definition) is 2. The standard InChI is InChI=1S/C22H24F2N2O2/c1-14-18(23)13-26-19(14)12-15-6-5-8-17(21(15)24)16-7-3-4-9-20(16)28-11-10-25(2)22(26)27/h3-9,14,18-19H,10-13H2,1-2H3. The van der Waals surface area contributed by atoms with E-state index in [2.05, 4.69) is 0 Å². The van der Waals surface area contributed by atoms with Gasteiger partial charge in [0.25, 0.3) is 0 Å². The zero-order chi connectivity index (χ0) is 19.8. The molecule has 2 aromatic rings. The molecule has 0 radical (unpaired) electrons. The Morgan fingerprint density at radius 3 is 2.68 bits per heavy atom. The number of nitrogens with zero attached hydrogens (tertiary/aromatic N) is 2. The van der Waals surface area contributed by atoms with Crippen molar-refractivity contribution >= 4 is 6.03 Å². The maximum atomic E-state index is 15.4. The van der Waals surface area contributed by atoms with Gasteiger partial charge in [-0.3, -0.25) is 0 Å². The van der Waals surface area contributed by atoms with Gasteiger partial charge in [-0.05, 0) is 18.1 Å². The molecule has 0 saturated carbocycles. The minimum atomic E-state index is -1.11. The quantitative estimate of drug-likeness (QED) is 0.682. The molecular formula is C22H24F2N2O2. The molecule has 0 aliphatic carbocycles. The number of amides is 2. The number of alkyl halides is 1. The third kappa shape index (κ3) is 3.21. The molecule has 148 valence electrons. The summed E-state index contributed by atoms with van der Waals surface area (Å²) in [5, 5.41) is 0. The number of halogens is 2. The smallest absolute Gasteiger partial charge is 0.320 e. The zero-order valence-corrected chi connectivity index (χ0v) is 16.1. The summed E-state index contributed by atoms with van der Waals surface area (Å²) in [7, 11) is 1.69. The number of urea groups is 1. The predicted octanol–water partition coefficient (Wildman–Crippen LogP) is 4.14. The number of likely N-dealkylation sites (N-methyl/N-ethyl adjacent to an activating group) is 1. The van der Waals surface area contributed by atoms with E-state index >= 15 is 4.39 Å². The molecule has 2 heterocycles. The van der Waals surface area contributed by atoms with Crippen molar-refractivity contribution in [3.8, 4) is 16.9 Å². The van der Waals surface area contributed by atoms with Gasteiger partial charge in [0.2, 0.25) is 0 Å². The molecule has 0 N–H and O–H groups in total. The Labute approximate surface area is 163 Å². The molecule has 1 fully saturated rings. The number of fused-ring (bicyclic) bond motifs is 5. The van der Waals surface area contributed by atoms with E-state index in [0.717, 1.165) is 0 Å². The molecule has 28 heavy (non-hydrogen) atoms. The molecule has 3 unspecified atom stereocenters. The third-order valence-corrected chi connectivity index (χ3v) is 5.89. The van der Waals surface area contributed by atoms with Gasteiger partial charge in [0, 0.05) is 30.1 Å². The monoisotopic (exact) mass is 386 g/mol. The van der Waals surface area contributed by atoms with E-state index in [-0.39, 0.29) is 43.4 Å². The largest absolute Gasteiger partial charge is 0.491 e. The first-order valence-corrected chi connectivity index (χ1v) is 9.62. The lowest BCUT2D eigenvalue weighted by molar-refractivity contribution is 0.144. The summed E-state index contributed by atoms with van der Waals surface area (Å²) >= 11 is 0. The fourth-order valence-electron chi connectivity index (χ4n) is 4.12. The number of carbonyl (C=O) groups is 1. The predicted molar refractivity (Wildman–Crippen MR) is 104 cm³/mol. The van der Waals surface area contributed by atoms with E-state index in [9.17, 15) is 9.18 Å². The van der Waals surface area contributed by atoms with Gasteiger partial charge in [-0.15, -0.1) is 0 Å².